The van der Waals surface area contributed by atoms with Gasteiger partial charge in [0.15, 0.2) is 0 Å². The predicted molar refractivity (Wildman–Crippen MR) is 125 cm³/mol. The van der Waals surface area contributed by atoms with E-state index < -0.39 is 17.7 Å². The van der Waals surface area contributed by atoms with E-state index in [0.29, 0.717) is 11.8 Å². The Morgan fingerprint density at radius 1 is 1.09 bits per heavy atom. The van der Waals surface area contributed by atoms with Gasteiger partial charge in [0.1, 0.15) is 0 Å². The molecule has 1 heterocycles. The molecule has 0 bridgehead atoms. The number of hydrogen-bond acceptors (Lipinski definition) is 1. The molecule has 1 N–H and O–H groups in total. The third-order valence-electron chi connectivity index (χ3n) is 6.66. The zero-order valence-corrected chi connectivity index (χ0v) is 20.1. The summed E-state index contributed by atoms with van der Waals surface area (Å²) in [5.74, 6) is 0.0469. The lowest BCUT2D eigenvalue weighted by atomic mass is 9.83. The van der Waals surface area contributed by atoms with Crippen LogP contribution < -0.4 is 0 Å². The lowest BCUT2D eigenvalue weighted by Crippen LogP contribution is -2.21. The van der Waals surface area contributed by atoms with Gasteiger partial charge >= 0.3 is 12.1 Å². The second kappa shape index (κ2) is 10.4. The van der Waals surface area contributed by atoms with Crippen molar-refractivity contribution in [2.75, 3.05) is 0 Å². The Bertz CT molecular complexity index is 942. The maximum Gasteiger partial charge on any atom is 0.416 e. The van der Waals surface area contributed by atoms with Crippen molar-refractivity contribution in [2.24, 2.45) is 11.8 Å². The van der Waals surface area contributed by atoms with Gasteiger partial charge in [0.2, 0.25) is 0 Å². The van der Waals surface area contributed by atoms with Crippen molar-refractivity contribution in [2.45, 2.75) is 90.8 Å². The fourth-order valence-electron chi connectivity index (χ4n) is 5.18. The molecule has 1 aliphatic rings. The van der Waals surface area contributed by atoms with E-state index in [-0.39, 0.29) is 18.4 Å². The molecule has 2 atom stereocenters. The summed E-state index contributed by atoms with van der Waals surface area (Å²) in [4.78, 5) is 11.6. The first-order valence-electron chi connectivity index (χ1n) is 12.1. The molecule has 3 nitrogen and oxygen atoms in total. The first-order valence-corrected chi connectivity index (χ1v) is 12.1. The van der Waals surface area contributed by atoms with Crippen molar-refractivity contribution < 1.29 is 23.1 Å². The third kappa shape index (κ3) is 6.21. The molecule has 0 saturated heterocycles. The van der Waals surface area contributed by atoms with Gasteiger partial charge in [-0.1, -0.05) is 39.8 Å². The summed E-state index contributed by atoms with van der Waals surface area (Å²) in [6.07, 6.45) is 3.27. The van der Waals surface area contributed by atoms with Crippen LogP contribution >= 0.6 is 0 Å². The average molecular weight is 464 g/mol. The van der Waals surface area contributed by atoms with Crippen molar-refractivity contribution >= 4 is 5.97 Å². The van der Waals surface area contributed by atoms with Gasteiger partial charge in [-0.15, -0.1) is 0 Å². The number of carboxylic acids is 1. The summed E-state index contributed by atoms with van der Waals surface area (Å²) in [6, 6.07) is 5.41. The van der Waals surface area contributed by atoms with Crippen molar-refractivity contribution in [3.05, 3.63) is 58.4 Å². The molecule has 2 aromatic rings. The van der Waals surface area contributed by atoms with Gasteiger partial charge in [0.05, 0.1) is 18.0 Å². The normalized spacial score (nSPS) is 17.4. The van der Waals surface area contributed by atoms with Gasteiger partial charge in [-0.05, 0) is 79.2 Å². The first kappa shape index (κ1) is 25.4. The average Bonchev–Trinajstić information content (AvgIpc) is 3.06. The van der Waals surface area contributed by atoms with Gasteiger partial charge in [0.25, 0.3) is 0 Å². The molecule has 1 unspecified atom stereocenters. The van der Waals surface area contributed by atoms with E-state index in [1.54, 1.807) is 12.1 Å². The first-order chi connectivity index (χ1) is 15.5. The molecule has 0 saturated carbocycles. The minimum Gasteiger partial charge on any atom is -0.481 e. The molecule has 0 fully saturated rings. The number of fused-ring (bicyclic) bond motifs is 1. The Balaban J connectivity index is 2.12. The van der Waals surface area contributed by atoms with Crippen LogP contribution in [-0.2, 0) is 23.8 Å². The number of nitrogens with zero attached hydrogens (tertiary/aromatic N) is 1. The summed E-state index contributed by atoms with van der Waals surface area (Å²) in [5, 5.41) is 9.56. The molecular formula is C27H36F3NO2. The zero-order valence-electron chi connectivity index (χ0n) is 20.1. The molecule has 6 heteroatoms. The summed E-state index contributed by atoms with van der Waals surface area (Å²) in [6.45, 7) is 8.64. The number of aromatic nitrogens is 1. The summed E-state index contributed by atoms with van der Waals surface area (Å²) >= 11 is 0. The molecule has 0 aliphatic heterocycles. The van der Waals surface area contributed by atoms with E-state index in [2.05, 4.69) is 38.5 Å². The molecule has 3 rings (SSSR count). The smallest absolute Gasteiger partial charge is 0.416 e. The van der Waals surface area contributed by atoms with Crippen LogP contribution in [0.1, 0.15) is 99.7 Å². The Morgan fingerprint density at radius 3 is 2.30 bits per heavy atom. The number of aliphatic carboxylic acids is 1. The van der Waals surface area contributed by atoms with Crippen LogP contribution in [0.4, 0.5) is 13.2 Å². The summed E-state index contributed by atoms with van der Waals surface area (Å²) < 4.78 is 41.7. The van der Waals surface area contributed by atoms with E-state index in [1.165, 1.54) is 11.1 Å². The SMILES string of the molecule is CC(C)CC[C@H](c1ccc(C(F)(F)F)cc1)n1cc(CC(C)C)c2c1C(CC(=O)O)CCC2. The van der Waals surface area contributed by atoms with Crippen molar-refractivity contribution in [3.63, 3.8) is 0 Å². The van der Waals surface area contributed by atoms with Crippen LogP contribution in [0, 0.1) is 11.8 Å². The standard InChI is InChI=1S/C27H36F3NO2/c1-17(2)8-13-24(19-9-11-22(12-10-19)27(28,29)30)31-16-21(14-18(3)4)23-7-5-6-20(26(23)31)15-25(32)33/h9-12,16-18,20,24H,5-8,13-15H2,1-4H3,(H,32,33)/t20?,24-/m1/s1. The second-order valence-corrected chi connectivity index (χ2v) is 10.3. The highest BCUT2D eigenvalue weighted by molar-refractivity contribution is 5.68. The Hall–Kier alpha value is -2.24. The number of rotatable bonds is 9. The molecule has 0 spiro atoms. The van der Waals surface area contributed by atoms with Gasteiger partial charge in [-0.25, -0.2) is 0 Å². The highest BCUT2D eigenvalue weighted by atomic mass is 19.4. The monoisotopic (exact) mass is 463 g/mol. The van der Waals surface area contributed by atoms with E-state index in [9.17, 15) is 23.1 Å². The Labute approximate surface area is 195 Å². The van der Waals surface area contributed by atoms with Crippen LogP contribution in [0.2, 0.25) is 0 Å². The maximum absolute atomic E-state index is 13.2. The van der Waals surface area contributed by atoms with Crippen LogP contribution in [-0.4, -0.2) is 15.6 Å². The quantitative estimate of drug-likeness (QED) is 0.415. The molecule has 1 aromatic heterocycles. The number of alkyl halides is 3. The Morgan fingerprint density at radius 2 is 1.76 bits per heavy atom. The fourth-order valence-corrected chi connectivity index (χ4v) is 5.18. The minimum absolute atomic E-state index is 0.0665. The van der Waals surface area contributed by atoms with Gasteiger partial charge in [-0.2, -0.15) is 13.2 Å². The van der Waals surface area contributed by atoms with Gasteiger partial charge < -0.3 is 9.67 Å². The number of carboxylic acid groups (broad SMARTS) is 1. The number of benzene rings is 1. The molecule has 0 radical (unpaired) electrons. The third-order valence-corrected chi connectivity index (χ3v) is 6.66. The van der Waals surface area contributed by atoms with Crippen LogP contribution in [0.25, 0.3) is 0 Å². The molecule has 33 heavy (non-hydrogen) atoms. The van der Waals surface area contributed by atoms with Gasteiger partial charge in [0, 0.05) is 17.8 Å². The predicted octanol–water partition coefficient (Wildman–Crippen LogP) is 7.63. The van der Waals surface area contributed by atoms with Crippen molar-refractivity contribution in [1.29, 1.82) is 0 Å². The highest BCUT2D eigenvalue weighted by Gasteiger charge is 2.33. The molecule has 1 aromatic carbocycles. The summed E-state index contributed by atoms with van der Waals surface area (Å²) in [7, 11) is 0. The molecule has 182 valence electrons. The van der Waals surface area contributed by atoms with Crippen LogP contribution in [0.15, 0.2) is 30.5 Å². The zero-order chi connectivity index (χ0) is 24.3. The Kier molecular flexibility index (Phi) is 7.96. The van der Waals surface area contributed by atoms with Crippen molar-refractivity contribution in [1.82, 2.24) is 4.57 Å². The highest BCUT2D eigenvalue weighted by Crippen LogP contribution is 2.42. The topological polar surface area (TPSA) is 42.2 Å². The molecule has 0 amide bonds. The van der Waals surface area contributed by atoms with Crippen molar-refractivity contribution in [3.8, 4) is 0 Å². The second-order valence-electron chi connectivity index (χ2n) is 10.3. The van der Waals surface area contributed by atoms with Crippen LogP contribution in [0.3, 0.4) is 0 Å². The minimum atomic E-state index is -4.37. The largest absolute Gasteiger partial charge is 0.481 e. The molecule has 1 aliphatic carbocycles. The summed E-state index contributed by atoms with van der Waals surface area (Å²) in [5.41, 5.74) is 3.82. The molecular weight excluding hydrogens is 427 g/mol. The van der Waals surface area contributed by atoms with Gasteiger partial charge in [-0.3, -0.25) is 4.79 Å². The number of hydrogen-bond donors (Lipinski definition) is 1. The van der Waals surface area contributed by atoms with E-state index in [1.807, 2.05) is 0 Å². The van der Waals surface area contributed by atoms with E-state index >= 15 is 0 Å². The van der Waals surface area contributed by atoms with Crippen LogP contribution in [0.5, 0.6) is 0 Å². The maximum atomic E-state index is 13.2. The van der Waals surface area contributed by atoms with E-state index in [4.69, 9.17) is 0 Å². The lowest BCUT2D eigenvalue weighted by Gasteiger charge is -2.30. The lowest BCUT2D eigenvalue weighted by molar-refractivity contribution is -0.138. The fraction of sp³-hybridized carbons (Fsp3) is 0.593. The number of carbonyl (C=O) groups is 1. The number of halogens is 3. The van der Waals surface area contributed by atoms with E-state index in [0.717, 1.165) is 61.9 Å².